The van der Waals surface area contributed by atoms with Gasteiger partial charge < -0.3 is 15.7 Å². The second kappa shape index (κ2) is 6.86. The highest BCUT2D eigenvalue weighted by atomic mass is 16.3. The summed E-state index contributed by atoms with van der Waals surface area (Å²) in [7, 11) is 1.85. The third kappa shape index (κ3) is 3.76. The van der Waals surface area contributed by atoms with E-state index < -0.39 is 0 Å². The highest BCUT2D eigenvalue weighted by Crippen LogP contribution is 2.30. The van der Waals surface area contributed by atoms with Crippen LogP contribution in [0.5, 0.6) is 0 Å². The highest BCUT2D eigenvalue weighted by Gasteiger charge is 2.27. The SMILES string of the molecule is CNCC(C)C(=O)NCC1CCCC1CO. The number of aliphatic hydroxyl groups is 1. The van der Waals surface area contributed by atoms with E-state index in [0.717, 1.165) is 19.4 Å². The minimum Gasteiger partial charge on any atom is -0.396 e. The minimum absolute atomic E-state index is 0.0129. The molecular weight excluding hydrogens is 204 g/mol. The van der Waals surface area contributed by atoms with Gasteiger partial charge in [-0.15, -0.1) is 0 Å². The van der Waals surface area contributed by atoms with Gasteiger partial charge in [0.05, 0.1) is 0 Å². The molecule has 1 rings (SSSR count). The summed E-state index contributed by atoms with van der Waals surface area (Å²) in [6, 6.07) is 0. The summed E-state index contributed by atoms with van der Waals surface area (Å²) in [5.74, 6) is 0.979. The lowest BCUT2D eigenvalue weighted by Crippen LogP contribution is -2.38. The molecule has 0 bridgehead atoms. The zero-order valence-electron chi connectivity index (χ0n) is 10.3. The van der Waals surface area contributed by atoms with Gasteiger partial charge in [0, 0.05) is 25.6 Å². The average Bonchev–Trinajstić information content (AvgIpc) is 2.73. The van der Waals surface area contributed by atoms with E-state index in [0.29, 0.717) is 18.4 Å². The van der Waals surface area contributed by atoms with E-state index in [4.69, 9.17) is 0 Å². The van der Waals surface area contributed by atoms with E-state index >= 15 is 0 Å². The summed E-state index contributed by atoms with van der Waals surface area (Å²) in [4.78, 5) is 11.7. The fraction of sp³-hybridized carbons (Fsp3) is 0.917. The van der Waals surface area contributed by atoms with Gasteiger partial charge in [-0.05, 0) is 31.7 Å². The molecule has 0 aromatic rings. The van der Waals surface area contributed by atoms with Crippen molar-refractivity contribution in [2.24, 2.45) is 17.8 Å². The van der Waals surface area contributed by atoms with Gasteiger partial charge in [0.15, 0.2) is 0 Å². The van der Waals surface area contributed by atoms with Gasteiger partial charge in [-0.1, -0.05) is 13.3 Å². The third-order valence-corrected chi connectivity index (χ3v) is 3.55. The Labute approximate surface area is 97.8 Å². The molecule has 0 aromatic carbocycles. The number of carbonyl (C=O) groups is 1. The molecule has 3 N–H and O–H groups in total. The first-order chi connectivity index (χ1) is 7.69. The molecule has 0 saturated heterocycles. The van der Waals surface area contributed by atoms with Crippen molar-refractivity contribution in [1.29, 1.82) is 0 Å². The van der Waals surface area contributed by atoms with E-state index in [1.165, 1.54) is 6.42 Å². The molecule has 1 aliphatic carbocycles. The van der Waals surface area contributed by atoms with Crippen LogP contribution in [-0.2, 0) is 4.79 Å². The molecule has 0 radical (unpaired) electrons. The van der Waals surface area contributed by atoms with Crippen LogP contribution < -0.4 is 10.6 Å². The molecule has 0 heterocycles. The van der Waals surface area contributed by atoms with Crippen molar-refractivity contribution < 1.29 is 9.90 Å². The standard InChI is InChI=1S/C12H24N2O2/c1-9(6-13-2)12(16)14-7-10-4-3-5-11(10)8-15/h9-11,13,15H,3-8H2,1-2H3,(H,14,16). The summed E-state index contributed by atoms with van der Waals surface area (Å²) in [5.41, 5.74) is 0. The molecule has 1 amide bonds. The second-order valence-corrected chi connectivity index (χ2v) is 4.84. The first-order valence-corrected chi connectivity index (χ1v) is 6.22. The van der Waals surface area contributed by atoms with Crippen molar-refractivity contribution >= 4 is 5.91 Å². The van der Waals surface area contributed by atoms with E-state index in [9.17, 15) is 9.90 Å². The average molecular weight is 228 g/mol. The maximum Gasteiger partial charge on any atom is 0.224 e. The fourth-order valence-corrected chi connectivity index (χ4v) is 2.43. The molecule has 1 fully saturated rings. The van der Waals surface area contributed by atoms with Crippen LogP contribution in [0.4, 0.5) is 0 Å². The summed E-state index contributed by atoms with van der Waals surface area (Å²) in [6.07, 6.45) is 3.41. The van der Waals surface area contributed by atoms with Gasteiger partial charge in [-0.3, -0.25) is 4.79 Å². The van der Waals surface area contributed by atoms with Crippen molar-refractivity contribution in [3.63, 3.8) is 0 Å². The smallest absolute Gasteiger partial charge is 0.224 e. The second-order valence-electron chi connectivity index (χ2n) is 4.84. The summed E-state index contributed by atoms with van der Waals surface area (Å²) < 4.78 is 0. The Morgan fingerprint density at radius 1 is 1.44 bits per heavy atom. The third-order valence-electron chi connectivity index (χ3n) is 3.55. The first kappa shape index (κ1) is 13.5. The minimum atomic E-state index is 0.0129. The molecule has 4 heteroatoms. The summed E-state index contributed by atoms with van der Waals surface area (Å²) in [6.45, 7) is 3.61. The van der Waals surface area contributed by atoms with Crippen molar-refractivity contribution in [3.05, 3.63) is 0 Å². The monoisotopic (exact) mass is 228 g/mol. The topological polar surface area (TPSA) is 61.4 Å². The maximum absolute atomic E-state index is 11.7. The van der Waals surface area contributed by atoms with Crippen molar-refractivity contribution in [3.8, 4) is 0 Å². The van der Waals surface area contributed by atoms with E-state index in [1.54, 1.807) is 0 Å². The van der Waals surface area contributed by atoms with Crippen molar-refractivity contribution in [2.75, 3.05) is 26.7 Å². The fourth-order valence-electron chi connectivity index (χ4n) is 2.43. The number of hydrogen-bond acceptors (Lipinski definition) is 3. The van der Waals surface area contributed by atoms with Crippen molar-refractivity contribution in [1.82, 2.24) is 10.6 Å². The van der Waals surface area contributed by atoms with E-state index in [-0.39, 0.29) is 18.4 Å². The van der Waals surface area contributed by atoms with Crippen LogP contribution in [0.3, 0.4) is 0 Å². The lowest BCUT2D eigenvalue weighted by atomic mass is 9.97. The molecule has 0 spiro atoms. The molecule has 94 valence electrons. The Balaban J connectivity index is 2.25. The van der Waals surface area contributed by atoms with Gasteiger partial charge in [0.25, 0.3) is 0 Å². The molecule has 0 aliphatic heterocycles. The molecule has 4 nitrogen and oxygen atoms in total. The van der Waals surface area contributed by atoms with Gasteiger partial charge in [0.2, 0.25) is 5.91 Å². The number of aliphatic hydroxyl groups excluding tert-OH is 1. The van der Waals surface area contributed by atoms with Gasteiger partial charge in [0.1, 0.15) is 0 Å². The summed E-state index contributed by atoms with van der Waals surface area (Å²) >= 11 is 0. The largest absolute Gasteiger partial charge is 0.396 e. The molecule has 1 saturated carbocycles. The normalized spacial score (nSPS) is 26.7. The lowest BCUT2D eigenvalue weighted by Gasteiger charge is -2.19. The predicted octanol–water partition coefficient (Wildman–Crippen LogP) is 0.367. The van der Waals surface area contributed by atoms with Gasteiger partial charge >= 0.3 is 0 Å². The zero-order valence-corrected chi connectivity index (χ0v) is 10.3. The molecule has 3 atom stereocenters. The van der Waals surface area contributed by atoms with Crippen molar-refractivity contribution in [2.45, 2.75) is 26.2 Å². The summed E-state index contributed by atoms with van der Waals surface area (Å²) in [5, 5.41) is 15.2. The van der Waals surface area contributed by atoms with Gasteiger partial charge in [-0.2, -0.15) is 0 Å². The lowest BCUT2D eigenvalue weighted by molar-refractivity contribution is -0.124. The molecule has 1 aliphatic rings. The molecule has 3 unspecified atom stereocenters. The quantitative estimate of drug-likeness (QED) is 0.615. The van der Waals surface area contributed by atoms with E-state index in [2.05, 4.69) is 10.6 Å². The molecule has 16 heavy (non-hydrogen) atoms. The number of amides is 1. The van der Waals surface area contributed by atoms with Crippen LogP contribution >= 0.6 is 0 Å². The number of carbonyl (C=O) groups excluding carboxylic acids is 1. The number of hydrogen-bond donors (Lipinski definition) is 3. The van der Waals surface area contributed by atoms with Crippen LogP contribution in [0.2, 0.25) is 0 Å². The number of nitrogens with one attached hydrogen (secondary N) is 2. The van der Waals surface area contributed by atoms with E-state index in [1.807, 2.05) is 14.0 Å². The maximum atomic E-state index is 11.7. The Hall–Kier alpha value is -0.610. The molecular formula is C12H24N2O2. The first-order valence-electron chi connectivity index (χ1n) is 6.22. The van der Waals surface area contributed by atoms with Gasteiger partial charge in [-0.25, -0.2) is 0 Å². The van der Waals surface area contributed by atoms with Crippen LogP contribution in [0, 0.1) is 17.8 Å². The zero-order chi connectivity index (χ0) is 12.0. The Morgan fingerprint density at radius 2 is 2.12 bits per heavy atom. The van der Waals surface area contributed by atoms with Crippen LogP contribution in [0.1, 0.15) is 26.2 Å². The number of rotatable bonds is 6. The molecule has 0 aromatic heterocycles. The highest BCUT2D eigenvalue weighted by molar-refractivity contribution is 5.78. The van der Waals surface area contributed by atoms with Crippen LogP contribution in [-0.4, -0.2) is 37.8 Å². The van der Waals surface area contributed by atoms with Crippen LogP contribution in [0.25, 0.3) is 0 Å². The Bertz CT molecular complexity index is 221. The Kier molecular flexibility index (Phi) is 5.77. The Morgan fingerprint density at radius 3 is 2.75 bits per heavy atom. The van der Waals surface area contributed by atoms with Crippen LogP contribution in [0.15, 0.2) is 0 Å². The predicted molar refractivity (Wildman–Crippen MR) is 64.0 cm³/mol.